The third kappa shape index (κ3) is 3.92. The Balaban J connectivity index is 1.49. The Morgan fingerprint density at radius 3 is 2.75 bits per heavy atom. The molecule has 7 nitrogen and oxygen atoms in total. The van der Waals surface area contributed by atoms with E-state index < -0.39 is 11.9 Å². The molecule has 1 aliphatic rings. The van der Waals surface area contributed by atoms with Crippen LogP contribution in [0.2, 0.25) is 0 Å². The topological polar surface area (TPSA) is 87.5 Å². The van der Waals surface area contributed by atoms with Gasteiger partial charge in [0.1, 0.15) is 0 Å². The lowest BCUT2D eigenvalue weighted by atomic mass is 10.1. The normalized spacial score (nSPS) is 17.0. The molecular weight excluding hydrogens is 308 g/mol. The molecule has 7 heteroatoms. The Labute approximate surface area is 139 Å². The summed E-state index contributed by atoms with van der Waals surface area (Å²) in [5.74, 6) is -1.29. The van der Waals surface area contributed by atoms with Gasteiger partial charge in [0.15, 0.2) is 0 Å². The first-order valence-electron chi connectivity index (χ1n) is 7.92. The third-order valence-electron chi connectivity index (χ3n) is 4.14. The maximum atomic E-state index is 12.1. The van der Waals surface area contributed by atoms with E-state index in [1.54, 1.807) is 11.1 Å². The summed E-state index contributed by atoms with van der Waals surface area (Å²) >= 11 is 0. The summed E-state index contributed by atoms with van der Waals surface area (Å²) in [4.78, 5) is 24.6. The molecular formula is C17H20N4O3. The lowest BCUT2D eigenvalue weighted by molar-refractivity contribution is -0.141. The molecule has 2 heterocycles. The van der Waals surface area contributed by atoms with Crippen LogP contribution in [0.4, 0.5) is 4.79 Å². The van der Waals surface area contributed by atoms with E-state index in [9.17, 15) is 9.59 Å². The van der Waals surface area contributed by atoms with E-state index in [0.29, 0.717) is 26.1 Å². The van der Waals surface area contributed by atoms with Crippen molar-refractivity contribution in [2.24, 2.45) is 5.92 Å². The van der Waals surface area contributed by atoms with Crippen molar-refractivity contribution in [3.8, 4) is 0 Å². The second kappa shape index (κ2) is 7.16. The fourth-order valence-electron chi connectivity index (χ4n) is 2.79. The standard InChI is InChI=1S/C17H20N4O3/c22-16(23)15-6-7-20(12-15)17(24)18-8-14-9-19-21(11-14)10-13-4-2-1-3-5-13/h1-5,9,11,15H,6-8,10,12H2,(H,18,24)(H,22,23). The Morgan fingerprint density at radius 2 is 2.04 bits per heavy atom. The monoisotopic (exact) mass is 328 g/mol. The summed E-state index contributed by atoms with van der Waals surface area (Å²) in [5.41, 5.74) is 2.07. The van der Waals surface area contributed by atoms with E-state index in [1.165, 1.54) is 0 Å². The van der Waals surface area contributed by atoms with E-state index >= 15 is 0 Å². The quantitative estimate of drug-likeness (QED) is 0.872. The summed E-state index contributed by atoms with van der Waals surface area (Å²) in [5, 5.41) is 16.1. The van der Waals surface area contributed by atoms with Crippen molar-refractivity contribution in [2.45, 2.75) is 19.5 Å². The number of carbonyl (C=O) groups is 2. The molecule has 0 saturated carbocycles. The van der Waals surface area contributed by atoms with Crippen LogP contribution in [0.3, 0.4) is 0 Å². The van der Waals surface area contributed by atoms with Gasteiger partial charge in [0.2, 0.25) is 0 Å². The first-order valence-corrected chi connectivity index (χ1v) is 7.92. The van der Waals surface area contributed by atoms with Crippen LogP contribution in [-0.4, -0.2) is 44.9 Å². The summed E-state index contributed by atoms with van der Waals surface area (Å²) < 4.78 is 1.83. The van der Waals surface area contributed by atoms with Gasteiger partial charge in [-0.05, 0) is 12.0 Å². The molecule has 0 aliphatic carbocycles. The Hall–Kier alpha value is -2.83. The minimum atomic E-state index is -0.840. The van der Waals surface area contributed by atoms with Crippen LogP contribution in [0.15, 0.2) is 42.7 Å². The lowest BCUT2D eigenvalue weighted by Gasteiger charge is -2.16. The molecule has 126 valence electrons. The number of likely N-dealkylation sites (tertiary alicyclic amines) is 1. The van der Waals surface area contributed by atoms with Crippen molar-refractivity contribution in [1.82, 2.24) is 20.0 Å². The Morgan fingerprint density at radius 1 is 1.25 bits per heavy atom. The van der Waals surface area contributed by atoms with Gasteiger partial charge in [-0.25, -0.2) is 4.79 Å². The lowest BCUT2D eigenvalue weighted by Crippen LogP contribution is -2.38. The first-order chi connectivity index (χ1) is 11.6. The van der Waals surface area contributed by atoms with Crippen LogP contribution >= 0.6 is 0 Å². The zero-order chi connectivity index (χ0) is 16.9. The average molecular weight is 328 g/mol. The van der Waals surface area contributed by atoms with Crippen LogP contribution in [-0.2, 0) is 17.9 Å². The highest BCUT2D eigenvalue weighted by Crippen LogP contribution is 2.16. The number of amides is 2. The van der Waals surface area contributed by atoms with Crippen molar-refractivity contribution in [2.75, 3.05) is 13.1 Å². The van der Waals surface area contributed by atoms with Gasteiger partial charge in [-0.2, -0.15) is 5.10 Å². The van der Waals surface area contributed by atoms with Gasteiger partial charge < -0.3 is 15.3 Å². The van der Waals surface area contributed by atoms with Gasteiger partial charge in [0, 0.05) is 31.4 Å². The molecule has 1 aromatic carbocycles. The van der Waals surface area contributed by atoms with Gasteiger partial charge in [-0.15, -0.1) is 0 Å². The number of carboxylic acids is 1. The molecule has 1 aliphatic heterocycles. The SMILES string of the molecule is O=C(O)C1CCN(C(=O)NCc2cnn(Cc3ccccc3)c2)C1. The van der Waals surface area contributed by atoms with Crippen molar-refractivity contribution in [3.05, 3.63) is 53.9 Å². The predicted molar refractivity (Wildman–Crippen MR) is 87.3 cm³/mol. The zero-order valence-electron chi connectivity index (χ0n) is 13.3. The molecule has 2 aromatic rings. The number of aliphatic carboxylic acids is 1. The number of hydrogen-bond acceptors (Lipinski definition) is 3. The zero-order valence-corrected chi connectivity index (χ0v) is 13.3. The van der Waals surface area contributed by atoms with Crippen LogP contribution in [0.25, 0.3) is 0 Å². The number of urea groups is 1. The number of nitrogens with one attached hydrogen (secondary N) is 1. The van der Waals surface area contributed by atoms with Crippen molar-refractivity contribution in [1.29, 1.82) is 0 Å². The molecule has 0 bridgehead atoms. The maximum absolute atomic E-state index is 12.1. The van der Waals surface area contributed by atoms with Crippen LogP contribution < -0.4 is 5.32 Å². The number of hydrogen-bond donors (Lipinski definition) is 2. The number of rotatable bonds is 5. The average Bonchev–Trinajstić information content (AvgIpc) is 3.23. The molecule has 2 N–H and O–H groups in total. The molecule has 0 spiro atoms. The molecule has 1 atom stereocenters. The highest BCUT2D eigenvalue weighted by atomic mass is 16.4. The van der Waals surface area contributed by atoms with E-state index in [4.69, 9.17) is 5.11 Å². The number of carboxylic acid groups (broad SMARTS) is 1. The van der Waals surface area contributed by atoms with Crippen LogP contribution in [0.5, 0.6) is 0 Å². The van der Waals surface area contributed by atoms with Crippen molar-refractivity contribution < 1.29 is 14.7 Å². The first kappa shape index (κ1) is 16.0. The second-order valence-corrected chi connectivity index (χ2v) is 5.96. The molecule has 3 rings (SSSR count). The molecule has 1 unspecified atom stereocenters. The Kier molecular flexibility index (Phi) is 4.79. The van der Waals surface area contributed by atoms with Gasteiger partial charge in [-0.1, -0.05) is 30.3 Å². The number of nitrogens with zero attached hydrogens (tertiary/aromatic N) is 3. The minimum Gasteiger partial charge on any atom is -0.481 e. The van der Waals surface area contributed by atoms with E-state index in [0.717, 1.165) is 11.1 Å². The predicted octanol–water partition coefficient (Wildman–Crippen LogP) is 1.55. The molecule has 0 radical (unpaired) electrons. The number of benzene rings is 1. The fraction of sp³-hybridized carbons (Fsp3) is 0.353. The minimum absolute atomic E-state index is 0.227. The molecule has 24 heavy (non-hydrogen) atoms. The molecule has 1 aromatic heterocycles. The largest absolute Gasteiger partial charge is 0.481 e. The summed E-state index contributed by atoms with van der Waals surface area (Å²) in [6, 6.07) is 9.79. The Bertz CT molecular complexity index is 714. The van der Waals surface area contributed by atoms with Gasteiger partial charge >= 0.3 is 12.0 Å². The highest BCUT2D eigenvalue weighted by molar-refractivity contribution is 5.77. The molecule has 1 fully saturated rings. The molecule has 1 saturated heterocycles. The van der Waals surface area contributed by atoms with Gasteiger partial charge in [-0.3, -0.25) is 9.48 Å². The van der Waals surface area contributed by atoms with E-state index in [1.807, 2.05) is 41.2 Å². The maximum Gasteiger partial charge on any atom is 0.317 e. The van der Waals surface area contributed by atoms with Gasteiger partial charge in [0.05, 0.1) is 18.7 Å². The summed E-state index contributed by atoms with van der Waals surface area (Å²) in [6.45, 7) is 1.81. The van der Waals surface area contributed by atoms with E-state index in [2.05, 4.69) is 10.4 Å². The smallest absolute Gasteiger partial charge is 0.317 e. The fourth-order valence-corrected chi connectivity index (χ4v) is 2.79. The third-order valence-corrected chi connectivity index (χ3v) is 4.14. The van der Waals surface area contributed by atoms with Crippen LogP contribution in [0, 0.1) is 5.92 Å². The molecule has 2 amide bonds. The summed E-state index contributed by atoms with van der Waals surface area (Å²) in [6.07, 6.45) is 4.14. The van der Waals surface area contributed by atoms with E-state index in [-0.39, 0.29) is 12.6 Å². The summed E-state index contributed by atoms with van der Waals surface area (Å²) in [7, 11) is 0. The highest BCUT2D eigenvalue weighted by Gasteiger charge is 2.30. The van der Waals surface area contributed by atoms with Crippen molar-refractivity contribution >= 4 is 12.0 Å². The van der Waals surface area contributed by atoms with Gasteiger partial charge in [0.25, 0.3) is 0 Å². The van der Waals surface area contributed by atoms with Crippen molar-refractivity contribution in [3.63, 3.8) is 0 Å². The number of aromatic nitrogens is 2. The van der Waals surface area contributed by atoms with Crippen LogP contribution in [0.1, 0.15) is 17.5 Å². The number of carbonyl (C=O) groups excluding carboxylic acids is 1. The second-order valence-electron chi connectivity index (χ2n) is 5.96.